The normalized spacial score (nSPS) is 11.2. The molecule has 5 heteroatoms. The predicted octanol–water partition coefficient (Wildman–Crippen LogP) is 4.72. The Morgan fingerprint density at radius 1 is 1.23 bits per heavy atom. The highest BCUT2D eigenvalue weighted by molar-refractivity contribution is 9.10. The van der Waals surface area contributed by atoms with Crippen molar-refractivity contribution in [2.45, 2.75) is 0 Å². The Kier molecular flexibility index (Phi) is 4.06. The highest BCUT2D eigenvalue weighted by atomic mass is 79.9. The molecule has 3 rings (SSSR count). The molecule has 3 nitrogen and oxygen atoms in total. The van der Waals surface area contributed by atoms with Gasteiger partial charge >= 0.3 is 0 Å². The minimum absolute atomic E-state index is 0.313. The molecule has 1 aromatic heterocycles. The quantitative estimate of drug-likeness (QED) is 0.653. The largest absolute Gasteiger partial charge is 0.361 e. The second-order valence-electron chi connectivity index (χ2n) is 4.74. The molecule has 0 aliphatic carbocycles. The van der Waals surface area contributed by atoms with E-state index in [4.69, 9.17) is 0 Å². The highest BCUT2D eigenvalue weighted by Gasteiger charge is 2.05. The number of carbonyl (C=O) groups is 1. The van der Waals surface area contributed by atoms with E-state index in [0.717, 1.165) is 20.9 Å². The minimum Gasteiger partial charge on any atom is -0.361 e. The topological polar surface area (TPSA) is 44.9 Å². The monoisotopic (exact) mass is 358 g/mol. The number of H-pyrrole nitrogens is 1. The van der Waals surface area contributed by atoms with Crippen molar-refractivity contribution in [3.8, 4) is 0 Å². The average Bonchev–Trinajstić information content (AvgIpc) is 2.90. The zero-order chi connectivity index (χ0) is 15.5. The zero-order valence-electron chi connectivity index (χ0n) is 11.4. The lowest BCUT2D eigenvalue weighted by Gasteiger charge is -2.01. The molecule has 0 saturated heterocycles. The first-order chi connectivity index (χ1) is 10.6. The van der Waals surface area contributed by atoms with Crippen molar-refractivity contribution in [1.29, 1.82) is 0 Å². The van der Waals surface area contributed by atoms with Crippen LogP contribution in [0.1, 0.15) is 5.56 Å². The lowest BCUT2D eigenvalue weighted by atomic mass is 10.1. The third-order valence-corrected chi connectivity index (χ3v) is 3.85. The van der Waals surface area contributed by atoms with Crippen LogP contribution in [0.4, 0.5) is 10.1 Å². The summed E-state index contributed by atoms with van der Waals surface area (Å²) in [5.74, 6) is -0.700. The van der Waals surface area contributed by atoms with Gasteiger partial charge in [-0.2, -0.15) is 0 Å². The van der Waals surface area contributed by atoms with Gasteiger partial charge in [0.05, 0.1) is 0 Å². The first kappa shape index (κ1) is 14.5. The summed E-state index contributed by atoms with van der Waals surface area (Å²) in [6, 6.07) is 11.6. The Morgan fingerprint density at radius 3 is 2.86 bits per heavy atom. The molecular weight excluding hydrogens is 347 g/mol. The maximum Gasteiger partial charge on any atom is 0.248 e. The molecule has 0 atom stereocenters. The molecule has 0 fully saturated rings. The fourth-order valence-corrected chi connectivity index (χ4v) is 2.81. The van der Waals surface area contributed by atoms with Crippen LogP contribution in [-0.2, 0) is 4.79 Å². The van der Waals surface area contributed by atoms with E-state index in [-0.39, 0.29) is 11.7 Å². The number of halogens is 2. The SMILES string of the molecule is O=C(/C=C/c1c[nH]c2cccc(Br)c12)Nc1cccc(F)c1. The van der Waals surface area contributed by atoms with Crippen LogP contribution in [0.3, 0.4) is 0 Å². The van der Waals surface area contributed by atoms with Crippen molar-refractivity contribution >= 4 is 44.5 Å². The van der Waals surface area contributed by atoms with Crippen LogP contribution in [0.5, 0.6) is 0 Å². The first-order valence-corrected chi connectivity index (χ1v) is 7.43. The number of hydrogen-bond donors (Lipinski definition) is 2. The van der Waals surface area contributed by atoms with Gasteiger partial charge in [0.15, 0.2) is 0 Å². The summed E-state index contributed by atoms with van der Waals surface area (Å²) in [6.07, 6.45) is 4.98. The molecule has 0 radical (unpaired) electrons. The van der Waals surface area contributed by atoms with Gasteiger partial charge in [-0.05, 0) is 36.4 Å². The molecule has 22 heavy (non-hydrogen) atoms. The highest BCUT2D eigenvalue weighted by Crippen LogP contribution is 2.27. The number of nitrogens with one attached hydrogen (secondary N) is 2. The van der Waals surface area contributed by atoms with Crippen LogP contribution in [0.15, 0.2) is 59.2 Å². The predicted molar refractivity (Wildman–Crippen MR) is 90.1 cm³/mol. The fraction of sp³-hybridized carbons (Fsp3) is 0. The number of benzene rings is 2. The van der Waals surface area contributed by atoms with Gasteiger partial charge in [0.25, 0.3) is 0 Å². The van der Waals surface area contributed by atoms with Gasteiger partial charge < -0.3 is 10.3 Å². The van der Waals surface area contributed by atoms with Crippen molar-refractivity contribution in [3.63, 3.8) is 0 Å². The Morgan fingerprint density at radius 2 is 2.05 bits per heavy atom. The maximum atomic E-state index is 13.1. The van der Waals surface area contributed by atoms with Gasteiger partial charge in [-0.1, -0.05) is 28.1 Å². The molecule has 0 aliphatic rings. The summed E-state index contributed by atoms with van der Waals surface area (Å²) >= 11 is 3.50. The van der Waals surface area contributed by atoms with Gasteiger partial charge in [0.2, 0.25) is 5.91 Å². The van der Waals surface area contributed by atoms with Crippen LogP contribution in [0, 0.1) is 5.82 Å². The number of amides is 1. The van der Waals surface area contributed by atoms with Crippen LogP contribution < -0.4 is 5.32 Å². The number of anilines is 1. The van der Waals surface area contributed by atoms with Gasteiger partial charge in [-0.25, -0.2) is 4.39 Å². The number of aromatic amines is 1. The number of rotatable bonds is 3. The standard InChI is InChI=1S/C17H12BrFN2O/c18-14-5-2-6-15-17(14)11(10-20-15)7-8-16(22)21-13-4-1-3-12(19)9-13/h1-10,20H,(H,21,22)/b8-7+. The first-order valence-electron chi connectivity index (χ1n) is 6.64. The number of carbonyl (C=O) groups excluding carboxylic acids is 1. The van der Waals surface area contributed by atoms with E-state index in [1.165, 1.54) is 18.2 Å². The Hall–Kier alpha value is -2.40. The number of aromatic nitrogens is 1. The van der Waals surface area contributed by atoms with E-state index in [2.05, 4.69) is 26.2 Å². The Bertz CT molecular complexity index is 870. The summed E-state index contributed by atoms with van der Waals surface area (Å²) in [7, 11) is 0. The summed E-state index contributed by atoms with van der Waals surface area (Å²) in [6.45, 7) is 0. The molecule has 0 saturated carbocycles. The maximum absolute atomic E-state index is 13.1. The van der Waals surface area contributed by atoms with Gasteiger partial charge in [0.1, 0.15) is 5.82 Å². The molecule has 3 aromatic rings. The number of fused-ring (bicyclic) bond motifs is 1. The van der Waals surface area contributed by atoms with E-state index >= 15 is 0 Å². The molecule has 0 unspecified atom stereocenters. The van der Waals surface area contributed by atoms with Crippen LogP contribution >= 0.6 is 15.9 Å². The second kappa shape index (κ2) is 6.15. The molecule has 110 valence electrons. The molecule has 0 aliphatic heterocycles. The van der Waals surface area contributed by atoms with Crippen LogP contribution in [-0.4, -0.2) is 10.9 Å². The van der Waals surface area contributed by atoms with Crippen molar-refractivity contribution in [1.82, 2.24) is 4.98 Å². The molecular formula is C17H12BrFN2O. The third-order valence-electron chi connectivity index (χ3n) is 3.19. The van der Waals surface area contributed by atoms with Crippen LogP contribution in [0.25, 0.3) is 17.0 Å². The van der Waals surface area contributed by atoms with Gasteiger partial charge in [-0.15, -0.1) is 0 Å². The van der Waals surface area contributed by atoms with E-state index < -0.39 is 0 Å². The Labute approximate surface area is 135 Å². The number of hydrogen-bond acceptors (Lipinski definition) is 1. The average molecular weight is 359 g/mol. The summed E-state index contributed by atoms with van der Waals surface area (Å²) in [5, 5.41) is 3.63. The van der Waals surface area contributed by atoms with E-state index in [0.29, 0.717) is 5.69 Å². The fourth-order valence-electron chi connectivity index (χ4n) is 2.21. The van der Waals surface area contributed by atoms with Gasteiger partial charge in [0, 0.05) is 38.9 Å². The summed E-state index contributed by atoms with van der Waals surface area (Å²) in [5.41, 5.74) is 2.31. The molecule has 1 amide bonds. The minimum atomic E-state index is -0.387. The van der Waals surface area contributed by atoms with Crippen molar-refractivity contribution in [2.24, 2.45) is 0 Å². The van der Waals surface area contributed by atoms with Gasteiger partial charge in [-0.3, -0.25) is 4.79 Å². The molecule has 2 aromatic carbocycles. The zero-order valence-corrected chi connectivity index (χ0v) is 13.0. The summed E-state index contributed by atoms with van der Waals surface area (Å²) < 4.78 is 14.0. The van der Waals surface area contributed by atoms with Crippen LogP contribution in [0.2, 0.25) is 0 Å². The molecule has 0 bridgehead atoms. The van der Waals surface area contributed by atoms with Crippen molar-refractivity contribution in [3.05, 3.63) is 70.6 Å². The summed E-state index contributed by atoms with van der Waals surface area (Å²) in [4.78, 5) is 15.0. The molecule has 1 heterocycles. The third kappa shape index (κ3) is 3.09. The smallest absolute Gasteiger partial charge is 0.248 e. The van der Waals surface area contributed by atoms with Crippen molar-refractivity contribution in [2.75, 3.05) is 5.32 Å². The molecule has 2 N–H and O–H groups in total. The van der Waals surface area contributed by atoms with Crippen molar-refractivity contribution < 1.29 is 9.18 Å². The van der Waals surface area contributed by atoms with E-state index in [9.17, 15) is 9.18 Å². The van der Waals surface area contributed by atoms with E-state index in [1.54, 1.807) is 18.2 Å². The molecule has 0 spiro atoms. The lowest BCUT2D eigenvalue weighted by molar-refractivity contribution is -0.111. The lowest BCUT2D eigenvalue weighted by Crippen LogP contribution is -2.07. The van der Waals surface area contributed by atoms with E-state index in [1.807, 2.05) is 24.4 Å². The Balaban J connectivity index is 1.79. The second-order valence-corrected chi connectivity index (χ2v) is 5.59.